The molecule has 1 aromatic heterocycles. The van der Waals surface area contributed by atoms with Gasteiger partial charge in [0.25, 0.3) is 11.7 Å². The van der Waals surface area contributed by atoms with E-state index in [2.05, 4.69) is 4.98 Å². The summed E-state index contributed by atoms with van der Waals surface area (Å²) in [6.45, 7) is 5.61. The highest BCUT2D eigenvalue weighted by Crippen LogP contribution is 2.36. The summed E-state index contributed by atoms with van der Waals surface area (Å²) in [7, 11) is 0. The Bertz CT molecular complexity index is 678. The van der Waals surface area contributed by atoms with Gasteiger partial charge in [0, 0.05) is 6.07 Å². The SMILES string of the molecule is CCCOC(=O)C(CC)N1C(=O)C(CC)Oc2ccc([N+](=O)[O-])nc21. The van der Waals surface area contributed by atoms with Gasteiger partial charge in [0.2, 0.25) is 0 Å². The molecule has 0 bridgehead atoms. The van der Waals surface area contributed by atoms with Crippen LogP contribution in [0.1, 0.15) is 40.0 Å². The van der Waals surface area contributed by atoms with E-state index in [0.717, 1.165) is 0 Å². The van der Waals surface area contributed by atoms with Crippen LogP contribution < -0.4 is 9.64 Å². The lowest BCUT2D eigenvalue weighted by Crippen LogP contribution is -2.54. The number of rotatable bonds is 7. The summed E-state index contributed by atoms with van der Waals surface area (Å²) < 4.78 is 10.8. The van der Waals surface area contributed by atoms with Crippen LogP contribution in [-0.4, -0.2) is 40.5 Å². The van der Waals surface area contributed by atoms with Gasteiger partial charge in [-0.15, -0.1) is 0 Å². The minimum absolute atomic E-state index is 0.0239. The third-order valence-corrected chi connectivity index (χ3v) is 3.81. The van der Waals surface area contributed by atoms with E-state index in [-0.39, 0.29) is 24.6 Å². The molecule has 1 aliphatic rings. The second kappa shape index (κ2) is 7.91. The molecule has 0 saturated carbocycles. The van der Waals surface area contributed by atoms with Crippen molar-refractivity contribution in [3.8, 4) is 5.75 Å². The summed E-state index contributed by atoms with van der Waals surface area (Å²) in [5.74, 6) is -1.23. The van der Waals surface area contributed by atoms with Crippen molar-refractivity contribution in [2.75, 3.05) is 11.5 Å². The van der Waals surface area contributed by atoms with E-state index < -0.39 is 34.8 Å². The maximum absolute atomic E-state index is 12.8. The largest absolute Gasteiger partial charge is 0.474 e. The van der Waals surface area contributed by atoms with Gasteiger partial charge < -0.3 is 19.6 Å². The van der Waals surface area contributed by atoms with Crippen molar-refractivity contribution in [1.29, 1.82) is 0 Å². The molecule has 0 fully saturated rings. The number of carbonyl (C=O) groups is 2. The van der Waals surface area contributed by atoms with E-state index in [4.69, 9.17) is 9.47 Å². The van der Waals surface area contributed by atoms with Gasteiger partial charge in [-0.1, -0.05) is 20.8 Å². The zero-order chi connectivity index (χ0) is 18.6. The van der Waals surface area contributed by atoms with E-state index in [1.54, 1.807) is 13.8 Å². The number of amides is 1. The molecular weight excluding hydrogens is 330 g/mol. The molecule has 0 aromatic carbocycles. The molecule has 0 saturated heterocycles. The highest BCUT2D eigenvalue weighted by molar-refractivity contribution is 6.03. The number of fused-ring (bicyclic) bond motifs is 1. The van der Waals surface area contributed by atoms with Gasteiger partial charge in [-0.25, -0.2) is 4.79 Å². The molecule has 2 rings (SSSR count). The van der Waals surface area contributed by atoms with Crippen molar-refractivity contribution in [2.24, 2.45) is 0 Å². The zero-order valence-electron chi connectivity index (χ0n) is 14.4. The van der Waals surface area contributed by atoms with Crippen LogP contribution in [0.5, 0.6) is 5.75 Å². The Hall–Kier alpha value is -2.71. The van der Waals surface area contributed by atoms with Crippen LogP contribution in [0, 0.1) is 10.1 Å². The lowest BCUT2D eigenvalue weighted by Gasteiger charge is -2.34. The molecule has 2 heterocycles. The van der Waals surface area contributed by atoms with Crippen molar-refractivity contribution in [3.63, 3.8) is 0 Å². The smallest absolute Gasteiger partial charge is 0.366 e. The number of aromatic nitrogens is 1. The quantitative estimate of drug-likeness (QED) is 0.420. The van der Waals surface area contributed by atoms with Crippen molar-refractivity contribution in [2.45, 2.75) is 52.2 Å². The summed E-state index contributed by atoms with van der Waals surface area (Å²) in [5, 5.41) is 11.0. The minimum Gasteiger partial charge on any atom is -0.474 e. The molecule has 0 N–H and O–H groups in total. The standard InChI is InChI=1S/C16H21N3O6/c1-4-9-24-16(21)10(5-2)18-14-12(25-11(6-3)15(18)20)7-8-13(17-14)19(22)23/h7-8,10-11H,4-6,9H2,1-3H3. The number of pyridine rings is 1. The Morgan fingerprint density at radius 1 is 1.44 bits per heavy atom. The Labute approximate surface area is 145 Å². The van der Waals surface area contributed by atoms with Crippen LogP contribution >= 0.6 is 0 Å². The van der Waals surface area contributed by atoms with Crippen molar-refractivity contribution in [3.05, 3.63) is 22.2 Å². The molecule has 1 aliphatic heterocycles. The molecule has 0 spiro atoms. The maximum Gasteiger partial charge on any atom is 0.366 e. The number of nitro groups is 1. The third-order valence-electron chi connectivity index (χ3n) is 3.81. The third kappa shape index (κ3) is 3.70. The summed E-state index contributed by atoms with van der Waals surface area (Å²) in [4.78, 5) is 40.6. The Morgan fingerprint density at radius 2 is 2.16 bits per heavy atom. The highest BCUT2D eigenvalue weighted by Gasteiger charge is 2.44. The van der Waals surface area contributed by atoms with Crippen LogP contribution in [0.4, 0.5) is 11.6 Å². The van der Waals surface area contributed by atoms with E-state index in [1.165, 1.54) is 17.0 Å². The highest BCUT2D eigenvalue weighted by atomic mass is 16.6. The monoisotopic (exact) mass is 351 g/mol. The molecule has 9 nitrogen and oxygen atoms in total. The molecule has 1 amide bonds. The minimum atomic E-state index is -0.912. The summed E-state index contributed by atoms with van der Waals surface area (Å²) in [6, 6.07) is 1.69. The van der Waals surface area contributed by atoms with Crippen LogP contribution in [-0.2, 0) is 14.3 Å². The molecule has 1 aromatic rings. The number of esters is 1. The number of hydrogen-bond acceptors (Lipinski definition) is 7. The average Bonchev–Trinajstić information content (AvgIpc) is 2.61. The van der Waals surface area contributed by atoms with Crippen molar-refractivity contribution < 1.29 is 24.0 Å². The van der Waals surface area contributed by atoms with Crippen LogP contribution in [0.25, 0.3) is 0 Å². The molecule has 25 heavy (non-hydrogen) atoms. The fraction of sp³-hybridized carbons (Fsp3) is 0.562. The van der Waals surface area contributed by atoms with Gasteiger partial charge in [-0.05, 0) is 35.2 Å². The molecule has 0 radical (unpaired) electrons. The predicted octanol–water partition coefficient (Wildman–Crippen LogP) is 2.23. The first-order chi connectivity index (χ1) is 11.9. The lowest BCUT2D eigenvalue weighted by molar-refractivity contribution is -0.389. The summed E-state index contributed by atoms with van der Waals surface area (Å²) >= 11 is 0. The van der Waals surface area contributed by atoms with E-state index in [9.17, 15) is 19.7 Å². The number of carbonyl (C=O) groups excluding carboxylic acids is 2. The molecular formula is C16H21N3O6. The Kier molecular flexibility index (Phi) is 5.89. The zero-order valence-corrected chi connectivity index (χ0v) is 14.4. The normalized spacial score (nSPS) is 17.5. The first kappa shape index (κ1) is 18.6. The second-order valence-electron chi connectivity index (χ2n) is 5.56. The summed E-state index contributed by atoms with van der Waals surface area (Å²) in [6.07, 6.45) is 0.557. The summed E-state index contributed by atoms with van der Waals surface area (Å²) in [5.41, 5.74) is 0. The van der Waals surface area contributed by atoms with E-state index in [0.29, 0.717) is 12.8 Å². The molecule has 9 heteroatoms. The molecule has 2 unspecified atom stereocenters. The Balaban J connectivity index is 2.49. The maximum atomic E-state index is 12.8. The van der Waals surface area contributed by atoms with Gasteiger partial charge >= 0.3 is 11.8 Å². The van der Waals surface area contributed by atoms with Gasteiger partial charge in [0.15, 0.2) is 11.9 Å². The second-order valence-corrected chi connectivity index (χ2v) is 5.56. The van der Waals surface area contributed by atoms with Gasteiger partial charge in [-0.3, -0.25) is 9.69 Å². The number of hydrogen-bond donors (Lipinski definition) is 0. The molecule has 2 atom stereocenters. The van der Waals surface area contributed by atoms with Crippen LogP contribution in [0.15, 0.2) is 12.1 Å². The number of anilines is 1. The fourth-order valence-electron chi connectivity index (χ4n) is 2.57. The number of ether oxygens (including phenoxy) is 2. The van der Waals surface area contributed by atoms with Gasteiger partial charge in [-0.2, -0.15) is 0 Å². The topological polar surface area (TPSA) is 112 Å². The fourth-order valence-corrected chi connectivity index (χ4v) is 2.57. The molecule has 0 aliphatic carbocycles. The van der Waals surface area contributed by atoms with E-state index in [1.807, 2.05) is 6.92 Å². The van der Waals surface area contributed by atoms with Crippen LogP contribution in [0.3, 0.4) is 0 Å². The number of nitrogens with zero attached hydrogens (tertiary/aromatic N) is 3. The van der Waals surface area contributed by atoms with Crippen LogP contribution in [0.2, 0.25) is 0 Å². The van der Waals surface area contributed by atoms with Gasteiger partial charge in [0.1, 0.15) is 6.04 Å². The first-order valence-corrected chi connectivity index (χ1v) is 8.26. The predicted molar refractivity (Wildman–Crippen MR) is 88.4 cm³/mol. The van der Waals surface area contributed by atoms with Crippen molar-refractivity contribution in [1.82, 2.24) is 4.98 Å². The average molecular weight is 351 g/mol. The van der Waals surface area contributed by atoms with Gasteiger partial charge in [0.05, 0.1) is 6.61 Å². The van der Waals surface area contributed by atoms with E-state index >= 15 is 0 Å². The Morgan fingerprint density at radius 3 is 2.72 bits per heavy atom. The first-order valence-electron chi connectivity index (χ1n) is 8.26. The lowest BCUT2D eigenvalue weighted by atomic mass is 10.1. The van der Waals surface area contributed by atoms with Crippen molar-refractivity contribution >= 4 is 23.5 Å². The molecule has 136 valence electrons.